The Labute approximate surface area is 171 Å². The zero-order valence-electron chi connectivity index (χ0n) is 14.4. The highest BCUT2D eigenvalue weighted by molar-refractivity contribution is 6.34. The van der Waals surface area contributed by atoms with Crippen molar-refractivity contribution in [1.82, 2.24) is 4.90 Å². The molecule has 1 aliphatic rings. The summed E-state index contributed by atoms with van der Waals surface area (Å²) in [6, 6.07) is 12.9. The summed E-state index contributed by atoms with van der Waals surface area (Å²) in [6.45, 7) is 3.22. The fraction of sp³-hybridized carbons (Fsp3) is 0.316. The average molecular weight is 417 g/mol. The fourth-order valence-electron chi connectivity index (χ4n) is 3.04. The number of halogens is 3. The molecule has 1 aliphatic heterocycles. The number of carbonyl (C=O) groups excluding carboxylic acids is 1. The van der Waals surface area contributed by atoms with Crippen LogP contribution in [-0.2, 0) is 6.54 Å². The number of hydrogen-bond acceptors (Lipinski definition) is 3. The summed E-state index contributed by atoms with van der Waals surface area (Å²) in [5.41, 5.74) is 8.62. The highest BCUT2D eigenvalue weighted by Gasteiger charge is 2.13. The lowest BCUT2D eigenvalue weighted by Gasteiger charge is -2.26. The molecule has 0 aromatic heterocycles. The molecule has 142 valence electrons. The molecule has 3 N–H and O–H groups in total. The molecule has 0 radical (unpaired) electrons. The molecule has 1 saturated heterocycles. The van der Waals surface area contributed by atoms with Crippen LogP contribution in [0, 0.1) is 0 Å². The molecular formula is C19H24Cl3N3O. The van der Waals surface area contributed by atoms with Crippen LogP contribution in [-0.4, -0.2) is 23.9 Å². The number of amides is 1. The third kappa shape index (κ3) is 6.06. The average Bonchev–Trinajstić information content (AvgIpc) is 2.56. The van der Waals surface area contributed by atoms with Gasteiger partial charge in [0.05, 0.1) is 10.6 Å². The predicted molar refractivity (Wildman–Crippen MR) is 114 cm³/mol. The normalized spacial score (nSPS) is 14.0. The number of piperidine rings is 1. The van der Waals surface area contributed by atoms with Gasteiger partial charge in [0.2, 0.25) is 0 Å². The molecule has 4 nitrogen and oxygen atoms in total. The summed E-state index contributed by atoms with van der Waals surface area (Å²) in [5.74, 6) is -0.227. The summed E-state index contributed by atoms with van der Waals surface area (Å²) >= 11 is 6.10. The van der Waals surface area contributed by atoms with E-state index in [1.807, 2.05) is 18.2 Å². The summed E-state index contributed by atoms with van der Waals surface area (Å²) in [6.07, 6.45) is 3.87. The van der Waals surface area contributed by atoms with Crippen molar-refractivity contribution in [3.05, 3.63) is 58.6 Å². The summed E-state index contributed by atoms with van der Waals surface area (Å²) in [7, 11) is 0. The SMILES string of the molecule is Cl.Cl.Nc1ccc(C(=O)Nc2cccc(CN3CCCCC3)c2)c(Cl)c1. The zero-order valence-corrected chi connectivity index (χ0v) is 16.8. The van der Waals surface area contributed by atoms with E-state index < -0.39 is 0 Å². The molecule has 7 heteroatoms. The maximum absolute atomic E-state index is 12.4. The van der Waals surface area contributed by atoms with Gasteiger partial charge in [-0.2, -0.15) is 0 Å². The minimum absolute atomic E-state index is 0. The second-order valence-electron chi connectivity index (χ2n) is 6.23. The highest BCUT2D eigenvalue weighted by atomic mass is 35.5. The molecule has 2 aromatic carbocycles. The van der Waals surface area contributed by atoms with Gasteiger partial charge in [0.15, 0.2) is 0 Å². The lowest BCUT2D eigenvalue weighted by atomic mass is 10.1. The number of likely N-dealkylation sites (tertiary alicyclic amines) is 1. The van der Waals surface area contributed by atoms with Crippen molar-refractivity contribution < 1.29 is 4.79 Å². The molecular weight excluding hydrogens is 393 g/mol. The van der Waals surface area contributed by atoms with Crippen molar-refractivity contribution in [1.29, 1.82) is 0 Å². The van der Waals surface area contributed by atoms with E-state index in [1.165, 1.54) is 24.8 Å². The molecule has 0 aliphatic carbocycles. The molecule has 0 bridgehead atoms. The van der Waals surface area contributed by atoms with Gasteiger partial charge in [0.1, 0.15) is 0 Å². The first-order valence-electron chi connectivity index (χ1n) is 8.29. The van der Waals surface area contributed by atoms with Crippen molar-refractivity contribution in [2.24, 2.45) is 0 Å². The van der Waals surface area contributed by atoms with E-state index in [4.69, 9.17) is 17.3 Å². The zero-order chi connectivity index (χ0) is 16.9. The molecule has 1 amide bonds. The molecule has 1 fully saturated rings. The predicted octanol–water partition coefficient (Wildman–Crippen LogP) is 5.00. The summed E-state index contributed by atoms with van der Waals surface area (Å²) < 4.78 is 0. The van der Waals surface area contributed by atoms with Gasteiger partial charge in [-0.25, -0.2) is 0 Å². The second kappa shape index (κ2) is 10.6. The van der Waals surface area contributed by atoms with Crippen molar-refractivity contribution in [2.75, 3.05) is 24.1 Å². The minimum Gasteiger partial charge on any atom is -0.399 e. The van der Waals surface area contributed by atoms with Crippen LogP contribution in [0.25, 0.3) is 0 Å². The Balaban J connectivity index is 0.00000169. The van der Waals surface area contributed by atoms with E-state index in [1.54, 1.807) is 18.2 Å². The Kier molecular flexibility index (Phi) is 9.23. The van der Waals surface area contributed by atoms with Crippen molar-refractivity contribution in [3.8, 4) is 0 Å². The van der Waals surface area contributed by atoms with Crippen LogP contribution in [0.3, 0.4) is 0 Å². The maximum Gasteiger partial charge on any atom is 0.257 e. The third-order valence-corrected chi connectivity index (χ3v) is 4.59. The molecule has 0 saturated carbocycles. The van der Waals surface area contributed by atoms with Gasteiger partial charge in [-0.1, -0.05) is 30.2 Å². The van der Waals surface area contributed by atoms with Gasteiger partial charge >= 0.3 is 0 Å². The van der Waals surface area contributed by atoms with Gasteiger partial charge in [0.25, 0.3) is 5.91 Å². The van der Waals surface area contributed by atoms with Crippen molar-refractivity contribution in [2.45, 2.75) is 25.8 Å². The number of nitrogens with one attached hydrogen (secondary N) is 1. The number of nitrogens with two attached hydrogens (primary N) is 1. The van der Waals surface area contributed by atoms with Crippen LogP contribution in [0.15, 0.2) is 42.5 Å². The molecule has 26 heavy (non-hydrogen) atoms. The number of hydrogen-bond donors (Lipinski definition) is 2. The van der Waals surface area contributed by atoms with E-state index in [0.29, 0.717) is 16.3 Å². The summed E-state index contributed by atoms with van der Waals surface area (Å²) in [4.78, 5) is 14.9. The Morgan fingerprint density at radius 1 is 1.08 bits per heavy atom. The number of nitrogen functional groups attached to an aromatic ring is 1. The van der Waals surface area contributed by atoms with Gasteiger partial charge in [0, 0.05) is 17.9 Å². The first-order valence-corrected chi connectivity index (χ1v) is 8.67. The quantitative estimate of drug-likeness (QED) is 0.689. The van der Waals surface area contributed by atoms with Gasteiger partial charge in [-0.3, -0.25) is 9.69 Å². The first kappa shape index (κ1) is 22.6. The Morgan fingerprint density at radius 2 is 1.81 bits per heavy atom. The van der Waals surface area contributed by atoms with Crippen molar-refractivity contribution in [3.63, 3.8) is 0 Å². The summed E-state index contributed by atoms with van der Waals surface area (Å²) in [5, 5.41) is 3.27. The third-order valence-electron chi connectivity index (χ3n) is 4.28. The first-order chi connectivity index (χ1) is 11.6. The van der Waals surface area contributed by atoms with Crippen LogP contribution < -0.4 is 11.1 Å². The van der Waals surface area contributed by atoms with Gasteiger partial charge in [-0.15, -0.1) is 24.8 Å². The van der Waals surface area contributed by atoms with Crippen LogP contribution in [0.4, 0.5) is 11.4 Å². The van der Waals surface area contributed by atoms with Crippen LogP contribution in [0.1, 0.15) is 35.2 Å². The Hall–Kier alpha value is -1.46. The topological polar surface area (TPSA) is 58.4 Å². The minimum atomic E-state index is -0.227. The largest absolute Gasteiger partial charge is 0.399 e. The standard InChI is InChI=1S/C19H22ClN3O.2ClH/c20-18-12-15(21)7-8-17(18)19(24)22-16-6-4-5-14(11-16)13-23-9-2-1-3-10-23;;/h4-8,11-12H,1-3,9-10,13,21H2,(H,22,24);2*1H. The fourth-order valence-corrected chi connectivity index (χ4v) is 3.31. The van der Waals surface area contributed by atoms with E-state index in [9.17, 15) is 4.79 Å². The second-order valence-corrected chi connectivity index (χ2v) is 6.64. The van der Waals surface area contributed by atoms with E-state index >= 15 is 0 Å². The van der Waals surface area contributed by atoms with Crippen LogP contribution in [0.2, 0.25) is 5.02 Å². The lowest BCUT2D eigenvalue weighted by Crippen LogP contribution is -2.29. The highest BCUT2D eigenvalue weighted by Crippen LogP contribution is 2.21. The lowest BCUT2D eigenvalue weighted by molar-refractivity contribution is 0.102. The van der Waals surface area contributed by atoms with Crippen molar-refractivity contribution >= 4 is 53.7 Å². The molecule has 0 atom stereocenters. The van der Waals surface area contributed by atoms with Crippen LogP contribution >= 0.6 is 36.4 Å². The molecule has 0 spiro atoms. The molecule has 2 aromatic rings. The number of nitrogens with zero attached hydrogens (tertiary/aromatic N) is 1. The number of rotatable bonds is 4. The van der Waals surface area contributed by atoms with Gasteiger partial charge < -0.3 is 11.1 Å². The van der Waals surface area contributed by atoms with E-state index in [-0.39, 0.29) is 30.7 Å². The maximum atomic E-state index is 12.4. The number of anilines is 2. The number of carbonyl (C=O) groups is 1. The monoisotopic (exact) mass is 415 g/mol. The van der Waals surface area contributed by atoms with E-state index in [2.05, 4.69) is 16.3 Å². The Bertz CT molecular complexity index is 734. The van der Waals surface area contributed by atoms with Crippen LogP contribution in [0.5, 0.6) is 0 Å². The Morgan fingerprint density at radius 3 is 2.50 bits per heavy atom. The molecule has 3 rings (SSSR count). The molecule has 0 unspecified atom stereocenters. The smallest absolute Gasteiger partial charge is 0.257 e. The van der Waals surface area contributed by atoms with E-state index in [0.717, 1.165) is 25.3 Å². The van der Waals surface area contributed by atoms with Gasteiger partial charge in [-0.05, 0) is 61.8 Å². The number of benzene rings is 2. The molecule has 1 heterocycles.